The summed E-state index contributed by atoms with van der Waals surface area (Å²) in [6.45, 7) is 1.20. The Morgan fingerprint density at radius 3 is 2.67 bits per heavy atom. The van der Waals surface area contributed by atoms with Crippen LogP contribution >= 0.6 is 0 Å². The molecule has 142 valence electrons. The minimum Gasteiger partial charge on any atom is -0.380 e. The largest absolute Gasteiger partial charge is 0.417 e. The highest BCUT2D eigenvalue weighted by Gasteiger charge is 2.35. The van der Waals surface area contributed by atoms with Crippen molar-refractivity contribution in [2.24, 2.45) is 0 Å². The van der Waals surface area contributed by atoms with E-state index in [1.807, 2.05) is 0 Å². The summed E-state index contributed by atoms with van der Waals surface area (Å²) in [5, 5.41) is 21.4. The molecule has 1 aromatic carbocycles. The highest BCUT2D eigenvalue weighted by atomic mass is 19.4. The van der Waals surface area contributed by atoms with E-state index in [9.17, 15) is 27.5 Å². The highest BCUT2D eigenvalue weighted by molar-refractivity contribution is 5.97. The van der Waals surface area contributed by atoms with Gasteiger partial charge in [-0.1, -0.05) is 18.2 Å². The molecular formula is C19H16F4N2O2. The monoisotopic (exact) mass is 380 g/mol. The summed E-state index contributed by atoms with van der Waals surface area (Å²) in [6, 6.07) is 4.16. The van der Waals surface area contributed by atoms with Crippen molar-refractivity contribution in [2.45, 2.75) is 31.5 Å². The van der Waals surface area contributed by atoms with Crippen LogP contribution in [0.3, 0.4) is 0 Å². The first-order valence-electron chi connectivity index (χ1n) is 7.90. The lowest BCUT2D eigenvalue weighted by Gasteiger charge is -2.23. The minimum atomic E-state index is -4.76. The zero-order chi connectivity index (χ0) is 20.2. The average Bonchev–Trinajstić information content (AvgIpc) is 2.78. The number of allylic oxidation sites excluding steroid dienone is 5. The summed E-state index contributed by atoms with van der Waals surface area (Å²) < 4.78 is 52.2. The number of benzene rings is 1. The third-order valence-corrected chi connectivity index (χ3v) is 3.86. The summed E-state index contributed by atoms with van der Waals surface area (Å²) in [5.74, 6) is -1.30. The second kappa shape index (κ2) is 7.76. The number of carbonyl (C=O) groups excluding carboxylic acids is 1. The van der Waals surface area contributed by atoms with Crippen molar-refractivity contribution in [1.29, 1.82) is 5.26 Å². The van der Waals surface area contributed by atoms with Crippen molar-refractivity contribution >= 4 is 11.6 Å². The van der Waals surface area contributed by atoms with Gasteiger partial charge in [-0.2, -0.15) is 18.4 Å². The molecule has 1 aliphatic carbocycles. The molecule has 4 nitrogen and oxygen atoms in total. The van der Waals surface area contributed by atoms with E-state index in [1.165, 1.54) is 31.2 Å². The van der Waals surface area contributed by atoms with Gasteiger partial charge in [-0.05, 0) is 36.8 Å². The second-order valence-corrected chi connectivity index (χ2v) is 6.24. The minimum absolute atomic E-state index is 0.0970. The van der Waals surface area contributed by atoms with Crippen LogP contribution in [0.15, 0.2) is 53.9 Å². The molecule has 0 aromatic heterocycles. The molecule has 0 radical (unpaired) electrons. The van der Waals surface area contributed by atoms with Crippen LogP contribution in [0, 0.1) is 11.3 Å². The zero-order valence-corrected chi connectivity index (χ0v) is 14.3. The van der Waals surface area contributed by atoms with E-state index in [0.717, 1.165) is 12.1 Å². The van der Waals surface area contributed by atoms with E-state index in [-0.39, 0.29) is 24.4 Å². The van der Waals surface area contributed by atoms with E-state index in [1.54, 1.807) is 6.08 Å². The summed E-state index contributed by atoms with van der Waals surface area (Å²) >= 11 is 0. The molecular weight excluding hydrogens is 364 g/mol. The number of nitrogens with one attached hydrogen (secondary N) is 1. The Labute approximate surface area is 153 Å². The molecule has 0 fully saturated rings. The van der Waals surface area contributed by atoms with Crippen molar-refractivity contribution in [3.8, 4) is 6.07 Å². The molecule has 0 bridgehead atoms. The lowest BCUT2D eigenvalue weighted by Crippen LogP contribution is -2.40. The Bertz CT molecular complexity index is 875. The number of rotatable bonds is 4. The van der Waals surface area contributed by atoms with Crippen molar-refractivity contribution in [3.63, 3.8) is 0 Å². The van der Waals surface area contributed by atoms with Gasteiger partial charge in [0.25, 0.3) is 5.91 Å². The number of hydrogen-bond acceptors (Lipinski definition) is 3. The van der Waals surface area contributed by atoms with E-state index in [2.05, 4.69) is 5.32 Å². The van der Waals surface area contributed by atoms with Crippen LogP contribution < -0.4 is 5.32 Å². The van der Waals surface area contributed by atoms with E-state index >= 15 is 0 Å². The van der Waals surface area contributed by atoms with Crippen LogP contribution in [0.25, 0.3) is 0 Å². The molecule has 1 aliphatic rings. The number of nitrogens with zero attached hydrogens (tertiary/aromatic N) is 1. The van der Waals surface area contributed by atoms with Gasteiger partial charge in [-0.25, -0.2) is 4.39 Å². The van der Waals surface area contributed by atoms with Gasteiger partial charge in [-0.3, -0.25) is 4.79 Å². The van der Waals surface area contributed by atoms with Gasteiger partial charge >= 0.3 is 6.18 Å². The molecule has 1 unspecified atom stereocenters. The predicted molar refractivity (Wildman–Crippen MR) is 91.1 cm³/mol. The Morgan fingerprint density at radius 2 is 2.04 bits per heavy atom. The highest BCUT2D eigenvalue weighted by Crippen LogP contribution is 2.34. The number of anilines is 1. The number of nitriles is 1. The second-order valence-electron chi connectivity index (χ2n) is 6.24. The van der Waals surface area contributed by atoms with Gasteiger partial charge in [-0.15, -0.1) is 0 Å². The van der Waals surface area contributed by atoms with Crippen molar-refractivity contribution in [2.75, 3.05) is 5.32 Å². The molecule has 0 aliphatic heterocycles. The first kappa shape index (κ1) is 20.4. The third-order valence-electron chi connectivity index (χ3n) is 3.86. The third kappa shape index (κ3) is 5.28. The number of aliphatic hydroxyl groups is 1. The number of carbonyl (C=O) groups is 1. The van der Waals surface area contributed by atoms with Crippen LogP contribution in [0.1, 0.15) is 30.9 Å². The van der Waals surface area contributed by atoms with Crippen molar-refractivity contribution in [3.05, 3.63) is 65.0 Å². The van der Waals surface area contributed by atoms with E-state index in [4.69, 9.17) is 5.26 Å². The molecule has 2 rings (SSSR count). The lowest BCUT2D eigenvalue weighted by atomic mass is 9.94. The lowest BCUT2D eigenvalue weighted by molar-refractivity contribution is -0.138. The molecule has 0 saturated heterocycles. The molecule has 1 amide bonds. The van der Waals surface area contributed by atoms with Gasteiger partial charge in [0.15, 0.2) is 0 Å². The fourth-order valence-electron chi connectivity index (χ4n) is 2.46. The van der Waals surface area contributed by atoms with Gasteiger partial charge in [0, 0.05) is 18.5 Å². The van der Waals surface area contributed by atoms with Crippen molar-refractivity contribution in [1.82, 2.24) is 0 Å². The van der Waals surface area contributed by atoms with Gasteiger partial charge < -0.3 is 10.4 Å². The molecule has 8 heteroatoms. The normalized spacial score (nSPS) is 16.5. The Balaban J connectivity index is 2.20. The van der Waals surface area contributed by atoms with E-state index in [0.29, 0.717) is 11.6 Å². The van der Waals surface area contributed by atoms with Gasteiger partial charge in [0.2, 0.25) is 0 Å². The summed E-state index contributed by atoms with van der Waals surface area (Å²) in [7, 11) is 0. The summed E-state index contributed by atoms with van der Waals surface area (Å²) in [5.41, 5.74) is -3.43. The first-order valence-corrected chi connectivity index (χ1v) is 7.90. The fraction of sp³-hybridized carbons (Fsp3) is 0.263. The Hall–Kier alpha value is -2.92. The molecule has 0 spiro atoms. The first-order chi connectivity index (χ1) is 12.5. The summed E-state index contributed by atoms with van der Waals surface area (Å²) in [6.07, 6.45) is 0.911. The van der Waals surface area contributed by atoms with Crippen LogP contribution in [-0.4, -0.2) is 16.6 Å². The standard InChI is InChI=1S/C19H16F4N2O2/c1-18(27,10-12-3-2-4-14(20)7-5-12)17(26)25-15-8-6-13(11-24)16(9-15)19(21,22)23/h2-3,5-9,27H,4,10H2,1H3,(H,25,26). The van der Waals surface area contributed by atoms with Crippen molar-refractivity contribution < 1.29 is 27.5 Å². The number of hydrogen-bond donors (Lipinski definition) is 2. The smallest absolute Gasteiger partial charge is 0.380 e. The Kier molecular flexibility index (Phi) is 5.86. The maximum atomic E-state index is 13.2. The molecule has 1 aromatic rings. The average molecular weight is 380 g/mol. The van der Waals surface area contributed by atoms with Crippen LogP contribution in [0.2, 0.25) is 0 Å². The molecule has 2 N–H and O–H groups in total. The molecule has 27 heavy (non-hydrogen) atoms. The SMILES string of the molecule is CC(O)(CC1=CC=C(F)CC=C1)C(=O)Nc1ccc(C#N)c(C(F)(F)F)c1. The Morgan fingerprint density at radius 1 is 1.33 bits per heavy atom. The maximum absolute atomic E-state index is 13.2. The van der Waals surface area contributed by atoms with E-state index < -0.39 is 28.8 Å². The topological polar surface area (TPSA) is 73.1 Å². The quantitative estimate of drug-likeness (QED) is 0.761. The predicted octanol–water partition coefficient (Wildman–Crippen LogP) is 4.40. The molecule has 0 saturated carbocycles. The summed E-state index contributed by atoms with van der Waals surface area (Å²) in [4.78, 5) is 12.3. The fourth-order valence-corrected chi connectivity index (χ4v) is 2.46. The molecule has 0 heterocycles. The number of amides is 1. The van der Waals surface area contributed by atoms with Crippen LogP contribution in [0.5, 0.6) is 0 Å². The van der Waals surface area contributed by atoms with Crippen LogP contribution in [-0.2, 0) is 11.0 Å². The van der Waals surface area contributed by atoms with Gasteiger partial charge in [0.05, 0.1) is 17.2 Å². The molecule has 1 atom stereocenters. The number of alkyl halides is 3. The number of halogens is 4. The van der Waals surface area contributed by atoms with Crippen LogP contribution in [0.4, 0.5) is 23.2 Å². The zero-order valence-electron chi connectivity index (χ0n) is 14.3. The maximum Gasteiger partial charge on any atom is 0.417 e. The van der Waals surface area contributed by atoms with Gasteiger partial charge in [0.1, 0.15) is 11.4 Å².